The van der Waals surface area contributed by atoms with E-state index in [1.807, 2.05) is 36.4 Å². The molecule has 0 bridgehead atoms. The Morgan fingerprint density at radius 3 is 2.64 bits per heavy atom. The van der Waals surface area contributed by atoms with Crippen molar-refractivity contribution in [3.8, 4) is 17.2 Å². The summed E-state index contributed by atoms with van der Waals surface area (Å²) in [6.45, 7) is 0.659. The van der Waals surface area contributed by atoms with E-state index in [0.717, 1.165) is 30.4 Å². The molecule has 0 aliphatic carbocycles. The fourth-order valence-corrected chi connectivity index (χ4v) is 3.18. The Hall–Kier alpha value is -2.50. The van der Waals surface area contributed by atoms with Gasteiger partial charge in [-0.05, 0) is 42.2 Å². The first-order valence-corrected chi connectivity index (χ1v) is 8.49. The van der Waals surface area contributed by atoms with Gasteiger partial charge in [0.25, 0.3) is 0 Å². The van der Waals surface area contributed by atoms with Crippen LogP contribution in [0.3, 0.4) is 0 Å². The lowest BCUT2D eigenvalue weighted by Crippen LogP contribution is -2.25. The van der Waals surface area contributed by atoms with Crippen molar-refractivity contribution in [2.75, 3.05) is 6.61 Å². The molecule has 2 aliphatic rings. The van der Waals surface area contributed by atoms with E-state index in [4.69, 9.17) is 14.2 Å². The third kappa shape index (κ3) is 3.21. The fourth-order valence-electron chi connectivity index (χ4n) is 3.18. The molecule has 0 amide bonds. The fraction of sp³-hybridized carbons (Fsp3) is 0.300. The Morgan fingerprint density at radius 2 is 1.88 bits per heavy atom. The molecule has 2 aromatic carbocycles. The number of phenolic OH excluding ortho intramolecular Hbond substituents is 1. The number of phenols is 1. The standard InChI is InChI=1S/C20H20O5/c21-17-12-15(13-6-2-1-3-7-13)14-9-10-16(19(22)20(14)25-17)24-18-8-4-5-11-23-18/h1-3,6-7,9-10,12,17-18,21-22H,4-5,8,11H2. The molecule has 2 aromatic rings. The molecular formula is C20H20O5. The van der Waals surface area contributed by atoms with Gasteiger partial charge in [-0.25, -0.2) is 0 Å². The van der Waals surface area contributed by atoms with Gasteiger partial charge in [-0.15, -0.1) is 0 Å². The van der Waals surface area contributed by atoms with Crippen LogP contribution in [0.5, 0.6) is 17.2 Å². The van der Waals surface area contributed by atoms with Crippen LogP contribution in [0.2, 0.25) is 0 Å². The minimum Gasteiger partial charge on any atom is -0.502 e. The number of hydrogen-bond donors (Lipinski definition) is 2. The van der Waals surface area contributed by atoms with Crippen molar-refractivity contribution in [2.45, 2.75) is 31.8 Å². The Balaban J connectivity index is 1.69. The van der Waals surface area contributed by atoms with Gasteiger partial charge in [0.15, 0.2) is 17.8 Å². The summed E-state index contributed by atoms with van der Waals surface area (Å²) in [4.78, 5) is 0. The molecule has 5 nitrogen and oxygen atoms in total. The summed E-state index contributed by atoms with van der Waals surface area (Å²) in [5.74, 6) is 0.404. The summed E-state index contributed by atoms with van der Waals surface area (Å²) in [6, 6.07) is 13.2. The van der Waals surface area contributed by atoms with E-state index < -0.39 is 6.29 Å². The van der Waals surface area contributed by atoms with Crippen LogP contribution in [0.1, 0.15) is 30.4 Å². The molecule has 0 radical (unpaired) electrons. The van der Waals surface area contributed by atoms with Crippen LogP contribution < -0.4 is 9.47 Å². The molecule has 2 aliphatic heterocycles. The number of benzene rings is 2. The van der Waals surface area contributed by atoms with E-state index in [1.54, 1.807) is 12.1 Å². The molecular weight excluding hydrogens is 320 g/mol. The van der Waals surface area contributed by atoms with Crippen LogP contribution in [0, 0.1) is 0 Å². The van der Waals surface area contributed by atoms with E-state index in [2.05, 4.69) is 0 Å². The van der Waals surface area contributed by atoms with Gasteiger partial charge in [-0.2, -0.15) is 0 Å². The molecule has 2 unspecified atom stereocenters. The number of hydrogen-bond acceptors (Lipinski definition) is 5. The summed E-state index contributed by atoms with van der Waals surface area (Å²) >= 11 is 0. The minimum absolute atomic E-state index is 0.118. The lowest BCUT2D eigenvalue weighted by Gasteiger charge is -2.27. The zero-order valence-corrected chi connectivity index (χ0v) is 13.7. The molecule has 5 heteroatoms. The molecule has 0 aromatic heterocycles. The van der Waals surface area contributed by atoms with Gasteiger partial charge in [0.05, 0.1) is 6.61 Å². The van der Waals surface area contributed by atoms with E-state index in [1.165, 1.54) is 0 Å². The van der Waals surface area contributed by atoms with Gasteiger partial charge in [-0.1, -0.05) is 30.3 Å². The smallest absolute Gasteiger partial charge is 0.218 e. The summed E-state index contributed by atoms with van der Waals surface area (Å²) in [5.41, 5.74) is 2.46. The van der Waals surface area contributed by atoms with Crippen LogP contribution in [0.25, 0.3) is 5.57 Å². The molecule has 1 saturated heterocycles. The summed E-state index contributed by atoms with van der Waals surface area (Å²) in [6.07, 6.45) is 2.98. The zero-order chi connectivity index (χ0) is 17.2. The van der Waals surface area contributed by atoms with Crippen LogP contribution in [-0.2, 0) is 4.74 Å². The quantitative estimate of drug-likeness (QED) is 0.896. The van der Waals surface area contributed by atoms with Crippen LogP contribution >= 0.6 is 0 Å². The van der Waals surface area contributed by atoms with Crippen molar-refractivity contribution in [1.29, 1.82) is 0 Å². The number of rotatable bonds is 3. The Kier molecular flexibility index (Phi) is 4.34. The highest BCUT2D eigenvalue weighted by atomic mass is 16.7. The molecule has 1 fully saturated rings. The van der Waals surface area contributed by atoms with Gasteiger partial charge in [0.1, 0.15) is 0 Å². The molecule has 4 rings (SSSR count). The third-order valence-electron chi connectivity index (χ3n) is 4.41. The first-order valence-electron chi connectivity index (χ1n) is 8.49. The van der Waals surface area contributed by atoms with Crippen molar-refractivity contribution in [2.24, 2.45) is 0 Å². The second-order valence-corrected chi connectivity index (χ2v) is 6.16. The SMILES string of the molecule is Oc1c(OC2CCCCO2)ccc2c1OC(O)C=C2c1ccccc1. The normalized spacial score (nSPS) is 22.5. The Morgan fingerprint density at radius 1 is 1.04 bits per heavy atom. The average Bonchev–Trinajstić information content (AvgIpc) is 2.65. The second kappa shape index (κ2) is 6.78. The van der Waals surface area contributed by atoms with Crippen molar-refractivity contribution in [1.82, 2.24) is 0 Å². The van der Waals surface area contributed by atoms with Crippen LogP contribution in [0.4, 0.5) is 0 Å². The maximum Gasteiger partial charge on any atom is 0.218 e. The first-order chi connectivity index (χ1) is 12.2. The maximum atomic E-state index is 10.6. The van der Waals surface area contributed by atoms with Gasteiger partial charge in [-0.3, -0.25) is 0 Å². The highest BCUT2D eigenvalue weighted by molar-refractivity contribution is 5.86. The summed E-state index contributed by atoms with van der Waals surface area (Å²) < 4.78 is 16.8. The van der Waals surface area contributed by atoms with E-state index >= 15 is 0 Å². The Labute approximate surface area is 146 Å². The van der Waals surface area contributed by atoms with Crippen LogP contribution in [-0.4, -0.2) is 29.4 Å². The predicted molar refractivity (Wildman–Crippen MR) is 92.5 cm³/mol. The molecule has 0 saturated carbocycles. The molecule has 0 spiro atoms. The number of aliphatic hydroxyl groups is 1. The average molecular weight is 340 g/mol. The lowest BCUT2D eigenvalue weighted by atomic mass is 9.94. The summed E-state index contributed by atoms with van der Waals surface area (Å²) in [5, 5.41) is 20.7. The molecule has 2 heterocycles. The lowest BCUT2D eigenvalue weighted by molar-refractivity contribution is -0.106. The molecule has 2 N–H and O–H groups in total. The van der Waals surface area contributed by atoms with Crippen molar-refractivity contribution in [3.63, 3.8) is 0 Å². The largest absolute Gasteiger partial charge is 0.502 e. The number of ether oxygens (including phenoxy) is 3. The van der Waals surface area contributed by atoms with Gasteiger partial charge < -0.3 is 24.4 Å². The van der Waals surface area contributed by atoms with Gasteiger partial charge >= 0.3 is 0 Å². The molecule has 2 atom stereocenters. The van der Waals surface area contributed by atoms with Crippen LogP contribution in [0.15, 0.2) is 48.5 Å². The van der Waals surface area contributed by atoms with Crippen molar-refractivity contribution in [3.05, 3.63) is 59.7 Å². The maximum absolute atomic E-state index is 10.6. The number of aliphatic hydroxyl groups excluding tert-OH is 1. The highest BCUT2D eigenvalue weighted by Gasteiger charge is 2.27. The molecule has 25 heavy (non-hydrogen) atoms. The van der Waals surface area contributed by atoms with Crippen molar-refractivity contribution < 1.29 is 24.4 Å². The van der Waals surface area contributed by atoms with E-state index in [9.17, 15) is 10.2 Å². The summed E-state index contributed by atoms with van der Waals surface area (Å²) in [7, 11) is 0. The van der Waals surface area contributed by atoms with Gasteiger partial charge in [0.2, 0.25) is 12.0 Å². The number of aromatic hydroxyl groups is 1. The van der Waals surface area contributed by atoms with E-state index in [0.29, 0.717) is 17.9 Å². The minimum atomic E-state index is -1.13. The molecule has 130 valence electrons. The second-order valence-electron chi connectivity index (χ2n) is 6.16. The Bertz CT molecular complexity index is 778. The third-order valence-corrected chi connectivity index (χ3v) is 4.41. The predicted octanol–water partition coefficient (Wildman–Crippen LogP) is 3.44. The number of fused-ring (bicyclic) bond motifs is 1. The van der Waals surface area contributed by atoms with Gasteiger partial charge in [0, 0.05) is 12.0 Å². The topological polar surface area (TPSA) is 68.2 Å². The highest BCUT2D eigenvalue weighted by Crippen LogP contribution is 2.46. The first kappa shape index (κ1) is 16.0. The monoisotopic (exact) mass is 340 g/mol. The zero-order valence-electron chi connectivity index (χ0n) is 13.7. The van der Waals surface area contributed by atoms with Crippen molar-refractivity contribution >= 4 is 5.57 Å². The van der Waals surface area contributed by atoms with E-state index in [-0.39, 0.29) is 17.8 Å².